The van der Waals surface area contributed by atoms with Crippen molar-refractivity contribution >= 4 is 5.69 Å². The maximum Gasteiger partial charge on any atom is 0.294 e. The molecule has 0 spiro atoms. The fourth-order valence-electron chi connectivity index (χ4n) is 1.03. The molecule has 0 radical (unpaired) electrons. The third kappa shape index (κ3) is 3.75. The van der Waals surface area contributed by atoms with Gasteiger partial charge in [0, 0.05) is 11.7 Å². The molecular weight excluding hydrogens is 184 g/mol. The summed E-state index contributed by atoms with van der Waals surface area (Å²) >= 11 is 0. The quantitative estimate of drug-likeness (QED) is 0.575. The summed E-state index contributed by atoms with van der Waals surface area (Å²) in [4.78, 5) is 14.1. The molecule has 76 valence electrons. The molecular formula is C9H12N2O3. The normalized spacial score (nSPS) is 11.8. The van der Waals surface area contributed by atoms with Gasteiger partial charge in [0.25, 0.3) is 5.09 Å². The first kappa shape index (κ1) is 10.3. The minimum atomic E-state index is -0.789. The lowest BCUT2D eigenvalue weighted by Gasteiger charge is -2.13. The van der Waals surface area contributed by atoms with E-state index >= 15 is 0 Å². The highest BCUT2D eigenvalue weighted by molar-refractivity contribution is 5.43. The Hall–Kier alpha value is -1.78. The van der Waals surface area contributed by atoms with E-state index in [0.29, 0.717) is 0 Å². The van der Waals surface area contributed by atoms with Crippen LogP contribution in [0.15, 0.2) is 30.3 Å². The topological polar surface area (TPSA) is 64.4 Å². The summed E-state index contributed by atoms with van der Waals surface area (Å²) in [5.41, 5.74) is 0.923. The third-order valence-electron chi connectivity index (χ3n) is 1.62. The van der Waals surface area contributed by atoms with Gasteiger partial charge in [0.1, 0.15) is 6.61 Å². The van der Waals surface area contributed by atoms with Crippen molar-refractivity contribution in [2.24, 2.45) is 0 Å². The summed E-state index contributed by atoms with van der Waals surface area (Å²) in [6, 6.07) is 9.38. The Balaban J connectivity index is 2.34. The van der Waals surface area contributed by atoms with Crippen molar-refractivity contribution in [3.8, 4) is 0 Å². The van der Waals surface area contributed by atoms with E-state index in [9.17, 15) is 10.1 Å². The lowest BCUT2D eigenvalue weighted by Crippen LogP contribution is -2.23. The van der Waals surface area contributed by atoms with Crippen LogP contribution < -0.4 is 5.32 Å². The van der Waals surface area contributed by atoms with E-state index in [-0.39, 0.29) is 12.6 Å². The van der Waals surface area contributed by atoms with Crippen LogP contribution in [0, 0.1) is 10.1 Å². The maximum absolute atomic E-state index is 9.91. The number of nitrogens with one attached hydrogen (secondary N) is 1. The molecule has 1 aromatic rings. The van der Waals surface area contributed by atoms with Crippen LogP contribution in [-0.4, -0.2) is 17.7 Å². The number of anilines is 1. The minimum absolute atomic E-state index is 0.0435. The summed E-state index contributed by atoms with van der Waals surface area (Å²) in [6.07, 6.45) is 0. The molecule has 1 atom stereocenters. The SMILES string of the molecule is C[C@@H](CO[N+](=O)[O-])Nc1ccccc1. The Morgan fingerprint density at radius 1 is 1.50 bits per heavy atom. The van der Waals surface area contributed by atoms with Crippen molar-refractivity contribution in [1.29, 1.82) is 0 Å². The summed E-state index contributed by atoms with van der Waals surface area (Å²) in [5.74, 6) is 0. The first-order valence-electron chi connectivity index (χ1n) is 4.27. The molecule has 0 bridgehead atoms. The van der Waals surface area contributed by atoms with Gasteiger partial charge < -0.3 is 10.2 Å². The van der Waals surface area contributed by atoms with Gasteiger partial charge in [-0.05, 0) is 19.1 Å². The highest BCUT2D eigenvalue weighted by atomic mass is 16.9. The van der Waals surface area contributed by atoms with E-state index in [0.717, 1.165) is 5.69 Å². The van der Waals surface area contributed by atoms with Crippen LogP contribution in [0.25, 0.3) is 0 Å². The zero-order valence-corrected chi connectivity index (χ0v) is 7.84. The molecule has 0 aliphatic carbocycles. The second kappa shape index (κ2) is 5.06. The van der Waals surface area contributed by atoms with Gasteiger partial charge in [-0.25, -0.2) is 0 Å². The van der Waals surface area contributed by atoms with Crippen molar-refractivity contribution < 1.29 is 9.92 Å². The van der Waals surface area contributed by atoms with E-state index in [2.05, 4.69) is 10.2 Å². The molecule has 1 aromatic carbocycles. The second-order valence-electron chi connectivity index (χ2n) is 2.93. The Labute approximate surface area is 81.8 Å². The molecule has 1 N–H and O–H groups in total. The second-order valence-corrected chi connectivity index (χ2v) is 2.93. The number of rotatable bonds is 5. The predicted molar refractivity (Wildman–Crippen MR) is 52.5 cm³/mol. The van der Waals surface area contributed by atoms with Gasteiger partial charge in [0.2, 0.25) is 0 Å². The van der Waals surface area contributed by atoms with Crippen LogP contribution in [0.3, 0.4) is 0 Å². The molecule has 0 saturated heterocycles. The van der Waals surface area contributed by atoms with Crippen LogP contribution >= 0.6 is 0 Å². The monoisotopic (exact) mass is 196 g/mol. The molecule has 0 amide bonds. The molecule has 5 heteroatoms. The highest BCUT2D eigenvalue weighted by Crippen LogP contribution is 2.06. The highest BCUT2D eigenvalue weighted by Gasteiger charge is 2.03. The predicted octanol–water partition coefficient (Wildman–Crippen LogP) is 1.70. The summed E-state index contributed by atoms with van der Waals surface area (Å²) in [7, 11) is 0. The van der Waals surface area contributed by atoms with Crippen LogP contribution in [0.2, 0.25) is 0 Å². The third-order valence-corrected chi connectivity index (χ3v) is 1.62. The smallest absolute Gasteiger partial charge is 0.294 e. The van der Waals surface area contributed by atoms with E-state index in [4.69, 9.17) is 0 Å². The number of hydrogen-bond donors (Lipinski definition) is 1. The Kier molecular flexibility index (Phi) is 3.72. The first-order valence-corrected chi connectivity index (χ1v) is 4.27. The average Bonchev–Trinajstić information content (AvgIpc) is 2.16. The lowest BCUT2D eigenvalue weighted by molar-refractivity contribution is -0.757. The molecule has 0 unspecified atom stereocenters. The van der Waals surface area contributed by atoms with Gasteiger partial charge in [0.05, 0.1) is 0 Å². The van der Waals surface area contributed by atoms with E-state index in [1.807, 2.05) is 37.3 Å². The van der Waals surface area contributed by atoms with Gasteiger partial charge in [-0.15, -0.1) is 10.1 Å². The summed E-state index contributed by atoms with van der Waals surface area (Å²) in [6.45, 7) is 1.86. The van der Waals surface area contributed by atoms with Crippen LogP contribution in [0.4, 0.5) is 5.69 Å². The van der Waals surface area contributed by atoms with Crippen molar-refractivity contribution in [1.82, 2.24) is 0 Å². The van der Waals surface area contributed by atoms with Gasteiger partial charge in [-0.3, -0.25) is 0 Å². The number of benzene rings is 1. The maximum atomic E-state index is 9.91. The summed E-state index contributed by atoms with van der Waals surface area (Å²) < 4.78 is 0. The fraction of sp³-hybridized carbons (Fsp3) is 0.333. The number of hydrogen-bond acceptors (Lipinski definition) is 4. The number of nitrogens with zero attached hydrogens (tertiary/aromatic N) is 1. The number of para-hydroxylation sites is 1. The van der Waals surface area contributed by atoms with Crippen molar-refractivity contribution in [3.63, 3.8) is 0 Å². The largest absolute Gasteiger partial charge is 0.381 e. The van der Waals surface area contributed by atoms with Gasteiger partial charge >= 0.3 is 0 Å². The molecule has 0 aliphatic heterocycles. The molecule has 1 rings (SSSR count). The lowest BCUT2D eigenvalue weighted by atomic mass is 10.3. The summed E-state index contributed by atoms with van der Waals surface area (Å²) in [5, 5.41) is 12.2. The Bertz CT molecular complexity index is 289. The minimum Gasteiger partial charge on any atom is -0.381 e. The van der Waals surface area contributed by atoms with Crippen LogP contribution in [0.1, 0.15) is 6.92 Å². The zero-order valence-electron chi connectivity index (χ0n) is 7.84. The van der Waals surface area contributed by atoms with Crippen molar-refractivity contribution in [3.05, 3.63) is 40.4 Å². The molecule has 0 fully saturated rings. The fourth-order valence-corrected chi connectivity index (χ4v) is 1.03. The standard InChI is InChI=1S/C9H12N2O3/c1-8(7-14-11(12)13)10-9-5-3-2-4-6-9/h2-6,8,10H,7H2,1H3/t8-/m0/s1. The Morgan fingerprint density at radius 3 is 2.71 bits per heavy atom. The zero-order chi connectivity index (χ0) is 10.4. The molecule has 14 heavy (non-hydrogen) atoms. The van der Waals surface area contributed by atoms with Crippen molar-refractivity contribution in [2.45, 2.75) is 13.0 Å². The van der Waals surface area contributed by atoms with E-state index in [1.54, 1.807) is 0 Å². The van der Waals surface area contributed by atoms with Gasteiger partial charge in [-0.1, -0.05) is 18.2 Å². The van der Waals surface area contributed by atoms with Gasteiger partial charge in [-0.2, -0.15) is 0 Å². The van der Waals surface area contributed by atoms with E-state index in [1.165, 1.54) is 0 Å². The molecule has 5 nitrogen and oxygen atoms in total. The molecule has 0 aromatic heterocycles. The Morgan fingerprint density at radius 2 is 2.14 bits per heavy atom. The van der Waals surface area contributed by atoms with Crippen molar-refractivity contribution in [2.75, 3.05) is 11.9 Å². The average molecular weight is 196 g/mol. The molecule has 0 aliphatic rings. The van der Waals surface area contributed by atoms with Crippen LogP contribution in [0.5, 0.6) is 0 Å². The molecule has 0 saturated carbocycles. The van der Waals surface area contributed by atoms with Gasteiger partial charge in [0.15, 0.2) is 0 Å². The molecule has 0 heterocycles. The van der Waals surface area contributed by atoms with Crippen LogP contribution in [-0.2, 0) is 4.84 Å². The van der Waals surface area contributed by atoms with E-state index < -0.39 is 5.09 Å². The first-order chi connectivity index (χ1) is 6.68.